The first kappa shape index (κ1) is 10.9. The van der Waals surface area contributed by atoms with Crippen molar-refractivity contribution in [2.24, 2.45) is 23.7 Å². The normalized spacial score (nSPS) is 38.9. The Bertz CT molecular complexity index is 730. The first-order valence-electron chi connectivity index (χ1n) is 7.14. The van der Waals surface area contributed by atoms with Gasteiger partial charge in [-0.1, -0.05) is 17.7 Å². The molecule has 5 rings (SSSR count). The van der Waals surface area contributed by atoms with Gasteiger partial charge in [0.25, 0.3) is 0 Å². The molecule has 2 bridgehead atoms. The molecule has 3 saturated carbocycles. The van der Waals surface area contributed by atoms with E-state index >= 15 is 0 Å². The average Bonchev–Trinajstić information content (AvgIpc) is 2.76. The van der Waals surface area contributed by atoms with Crippen molar-refractivity contribution in [2.45, 2.75) is 25.3 Å². The van der Waals surface area contributed by atoms with Crippen molar-refractivity contribution in [3.63, 3.8) is 0 Å². The standard InChI is InChI=1S/C15H15ClN2S/c16-9-2-1-3-10-13(9)17-15(19)18(10)14-11-7-4-5-8(6-7)12(11)14/h1-3,7-8,11-12,14H,4-6H2,(H,17,19). The molecule has 1 N–H and O–H groups in total. The van der Waals surface area contributed by atoms with Gasteiger partial charge in [0.05, 0.1) is 16.1 Å². The van der Waals surface area contributed by atoms with Crippen LogP contribution < -0.4 is 0 Å². The highest BCUT2D eigenvalue weighted by atomic mass is 35.5. The van der Waals surface area contributed by atoms with Crippen molar-refractivity contribution in [1.82, 2.24) is 9.55 Å². The molecule has 1 heterocycles. The number of aromatic amines is 1. The zero-order valence-electron chi connectivity index (χ0n) is 10.5. The fraction of sp³-hybridized carbons (Fsp3) is 0.533. The number of rotatable bonds is 1. The number of para-hydroxylation sites is 1. The Balaban J connectivity index is 1.69. The van der Waals surface area contributed by atoms with E-state index in [4.69, 9.17) is 23.8 Å². The Labute approximate surface area is 121 Å². The Kier molecular flexibility index (Phi) is 1.98. The van der Waals surface area contributed by atoms with Crippen molar-refractivity contribution >= 4 is 34.9 Å². The summed E-state index contributed by atoms with van der Waals surface area (Å²) in [6.45, 7) is 0. The van der Waals surface area contributed by atoms with Crippen molar-refractivity contribution in [3.8, 4) is 0 Å². The van der Waals surface area contributed by atoms with Gasteiger partial charge in [-0.15, -0.1) is 0 Å². The number of hydrogen-bond acceptors (Lipinski definition) is 1. The summed E-state index contributed by atoms with van der Waals surface area (Å²) < 4.78 is 3.21. The fourth-order valence-corrected chi connectivity index (χ4v) is 5.57. The highest BCUT2D eigenvalue weighted by molar-refractivity contribution is 7.71. The lowest BCUT2D eigenvalue weighted by molar-refractivity contribution is 0.456. The van der Waals surface area contributed by atoms with Crippen molar-refractivity contribution in [3.05, 3.63) is 28.0 Å². The van der Waals surface area contributed by atoms with Gasteiger partial charge < -0.3 is 9.55 Å². The topological polar surface area (TPSA) is 20.7 Å². The molecule has 2 aromatic rings. The maximum absolute atomic E-state index is 6.27. The van der Waals surface area contributed by atoms with Crippen LogP contribution in [-0.4, -0.2) is 9.55 Å². The molecular formula is C15H15ClN2S. The van der Waals surface area contributed by atoms with Crippen LogP contribution in [0.5, 0.6) is 0 Å². The van der Waals surface area contributed by atoms with Gasteiger partial charge in [0.2, 0.25) is 0 Å². The fourth-order valence-electron chi connectivity index (χ4n) is 5.03. The van der Waals surface area contributed by atoms with E-state index in [1.807, 2.05) is 12.1 Å². The summed E-state index contributed by atoms with van der Waals surface area (Å²) in [6.07, 6.45) is 4.36. The molecular weight excluding hydrogens is 276 g/mol. The molecule has 4 heteroatoms. The Morgan fingerprint density at radius 2 is 1.95 bits per heavy atom. The monoisotopic (exact) mass is 290 g/mol. The minimum absolute atomic E-state index is 0.644. The molecule has 3 fully saturated rings. The summed E-state index contributed by atoms with van der Waals surface area (Å²) in [5, 5.41) is 0.774. The molecule has 0 radical (unpaired) electrons. The number of halogens is 1. The van der Waals surface area contributed by atoms with Gasteiger partial charge in [-0.05, 0) is 67.3 Å². The second kappa shape index (κ2) is 3.44. The summed E-state index contributed by atoms with van der Waals surface area (Å²) in [5.74, 6) is 3.71. The van der Waals surface area contributed by atoms with Crippen LogP contribution in [0.3, 0.4) is 0 Å². The second-order valence-electron chi connectivity index (χ2n) is 6.41. The molecule has 0 aliphatic heterocycles. The molecule has 98 valence electrons. The first-order chi connectivity index (χ1) is 9.25. The number of nitrogens with one attached hydrogen (secondary N) is 1. The smallest absolute Gasteiger partial charge is 0.178 e. The third kappa shape index (κ3) is 1.26. The summed E-state index contributed by atoms with van der Waals surface area (Å²) >= 11 is 11.8. The number of aromatic nitrogens is 2. The van der Waals surface area contributed by atoms with Gasteiger partial charge in [-0.2, -0.15) is 0 Å². The molecule has 2 nitrogen and oxygen atoms in total. The zero-order chi connectivity index (χ0) is 12.7. The summed E-state index contributed by atoms with van der Waals surface area (Å²) in [7, 11) is 0. The summed E-state index contributed by atoms with van der Waals surface area (Å²) in [5.41, 5.74) is 2.20. The largest absolute Gasteiger partial charge is 0.329 e. The second-order valence-corrected chi connectivity index (χ2v) is 7.21. The van der Waals surface area contributed by atoms with Crippen molar-refractivity contribution < 1.29 is 0 Å². The Morgan fingerprint density at radius 3 is 2.68 bits per heavy atom. The van der Waals surface area contributed by atoms with Crippen LogP contribution in [-0.2, 0) is 0 Å². The first-order valence-corrected chi connectivity index (χ1v) is 7.93. The highest BCUT2D eigenvalue weighted by Crippen LogP contribution is 2.71. The average molecular weight is 291 g/mol. The molecule has 0 saturated heterocycles. The third-order valence-corrected chi connectivity index (χ3v) is 6.31. The van der Waals surface area contributed by atoms with Crippen LogP contribution in [0.1, 0.15) is 25.3 Å². The molecule has 1 aromatic heterocycles. The number of H-pyrrole nitrogens is 1. The lowest BCUT2D eigenvalue weighted by Crippen LogP contribution is -2.04. The number of nitrogens with zero attached hydrogens (tertiary/aromatic N) is 1. The minimum atomic E-state index is 0.644. The zero-order valence-corrected chi connectivity index (χ0v) is 12.0. The van der Waals surface area contributed by atoms with Crippen LogP contribution in [0.25, 0.3) is 11.0 Å². The van der Waals surface area contributed by atoms with Gasteiger partial charge in [0, 0.05) is 6.04 Å². The van der Waals surface area contributed by atoms with E-state index in [0.717, 1.165) is 39.0 Å². The maximum atomic E-state index is 6.27. The third-order valence-electron chi connectivity index (χ3n) is 5.69. The summed E-state index contributed by atoms with van der Waals surface area (Å²) in [6, 6.07) is 6.74. The van der Waals surface area contributed by atoms with Crippen molar-refractivity contribution in [2.75, 3.05) is 0 Å². The highest BCUT2D eigenvalue weighted by Gasteiger charge is 2.66. The molecule has 3 aliphatic carbocycles. The Hall–Kier alpha value is -0.800. The molecule has 0 amide bonds. The predicted octanol–water partition coefficient (Wildman–Crippen LogP) is 4.57. The number of imidazole rings is 1. The van der Waals surface area contributed by atoms with Crippen LogP contribution in [0.15, 0.2) is 18.2 Å². The van der Waals surface area contributed by atoms with Crippen LogP contribution in [0.2, 0.25) is 5.02 Å². The van der Waals surface area contributed by atoms with Crippen LogP contribution in [0.4, 0.5) is 0 Å². The van der Waals surface area contributed by atoms with Crippen molar-refractivity contribution in [1.29, 1.82) is 0 Å². The van der Waals surface area contributed by atoms with Gasteiger partial charge in [-0.25, -0.2) is 0 Å². The lowest BCUT2D eigenvalue weighted by atomic mass is 10.0. The van der Waals surface area contributed by atoms with Crippen LogP contribution in [0, 0.1) is 28.4 Å². The molecule has 4 unspecified atom stereocenters. The molecule has 3 aliphatic rings. The minimum Gasteiger partial charge on any atom is -0.329 e. The quantitative estimate of drug-likeness (QED) is 0.763. The van der Waals surface area contributed by atoms with E-state index < -0.39 is 0 Å². The predicted molar refractivity (Wildman–Crippen MR) is 79.0 cm³/mol. The molecule has 4 atom stereocenters. The lowest BCUT2D eigenvalue weighted by Gasteiger charge is -2.11. The van der Waals surface area contributed by atoms with E-state index in [1.165, 1.54) is 24.8 Å². The van der Waals surface area contributed by atoms with E-state index in [2.05, 4.69) is 15.6 Å². The van der Waals surface area contributed by atoms with Gasteiger partial charge in [-0.3, -0.25) is 0 Å². The molecule has 1 aromatic carbocycles. The van der Waals surface area contributed by atoms with Crippen LogP contribution >= 0.6 is 23.8 Å². The number of benzene rings is 1. The van der Waals surface area contributed by atoms with E-state index in [-0.39, 0.29) is 0 Å². The van der Waals surface area contributed by atoms with Gasteiger partial charge in [0.1, 0.15) is 0 Å². The molecule has 0 spiro atoms. The van der Waals surface area contributed by atoms with E-state index in [0.29, 0.717) is 6.04 Å². The van der Waals surface area contributed by atoms with Gasteiger partial charge >= 0.3 is 0 Å². The number of fused-ring (bicyclic) bond motifs is 6. The number of hydrogen-bond donors (Lipinski definition) is 1. The Morgan fingerprint density at radius 1 is 1.21 bits per heavy atom. The maximum Gasteiger partial charge on any atom is 0.178 e. The summed E-state index contributed by atoms with van der Waals surface area (Å²) in [4.78, 5) is 3.30. The SMILES string of the molecule is S=c1[nH]c2c(Cl)cccc2n1C1C2C3CCC(C3)C21. The molecule has 19 heavy (non-hydrogen) atoms. The van der Waals surface area contributed by atoms with E-state index in [1.54, 1.807) is 0 Å². The van der Waals surface area contributed by atoms with E-state index in [9.17, 15) is 0 Å². The van der Waals surface area contributed by atoms with Gasteiger partial charge in [0.15, 0.2) is 4.77 Å².